The van der Waals surface area contributed by atoms with Crippen molar-refractivity contribution in [3.8, 4) is 0 Å². The molecule has 1 aliphatic rings. The lowest BCUT2D eigenvalue weighted by molar-refractivity contribution is 0.424. The van der Waals surface area contributed by atoms with Gasteiger partial charge in [-0.05, 0) is 18.9 Å². The minimum absolute atomic E-state index is 0.136. The molecule has 0 radical (unpaired) electrons. The Kier molecular flexibility index (Phi) is 3.09. The molecule has 1 aromatic rings. The van der Waals surface area contributed by atoms with E-state index in [4.69, 9.17) is 21.6 Å². The maximum atomic E-state index is 9.00. The molecule has 1 fully saturated rings. The van der Waals surface area contributed by atoms with Gasteiger partial charge in [0.2, 0.25) is 5.95 Å². The van der Waals surface area contributed by atoms with Gasteiger partial charge in [-0.2, -0.15) is 0 Å². The quantitative estimate of drug-likeness (QED) is 0.522. The average molecular weight is 227 g/mol. The van der Waals surface area contributed by atoms with E-state index in [1.165, 1.54) is 6.07 Å². The van der Waals surface area contributed by atoms with Crippen molar-refractivity contribution in [1.82, 2.24) is 9.97 Å². The predicted octanol–water partition coefficient (Wildman–Crippen LogP) is -0.590. The van der Waals surface area contributed by atoms with Gasteiger partial charge >= 0.3 is 7.12 Å². The van der Waals surface area contributed by atoms with Crippen molar-refractivity contribution in [2.24, 2.45) is 0 Å². The summed E-state index contributed by atoms with van der Waals surface area (Å²) in [5.41, 5.74) is 0.136. The van der Waals surface area contributed by atoms with Gasteiger partial charge in [-0.3, -0.25) is 0 Å². The maximum Gasteiger partial charge on any atom is 0.508 e. The highest BCUT2D eigenvalue weighted by Gasteiger charge is 2.20. The molecule has 2 rings (SSSR count). The maximum absolute atomic E-state index is 9.00. The first-order valence-electron chi connectivity index (χ1n) is 4.82. The van der Waals surface area contributed by atoms with Crippen LogP contribution < -0.4 is 10.5 Å². The number of hydrogen-bond donors (Lipinski definition) is 2. The van der Waals surface area contributed by atoms with E-state index in [1.54, 1.807) is 0 Å². The summed E-state index contributed by atoms with van der Waals surface area (Å²) < 4.78 is 0. The van der Waals surface area contributed by atoms with Crippen molar-refractivity contribution >= 4 is 30.3 Å². The molecule has 1 aromatic heterocycles. The molecule has 5 nitrogen and oxygen atoms in total. The van der Waals surface area contributed by atoms with Crippen LogP contribution in [0.3, 0.4) is 0 Å². The largest absolute Gasteiger partial charge is 0.508 e. The van der Waals surface area contributed by atoms with Crippen LogP contribution in [0, 0.1) is 0 Å². The Labute approximate surface area is 92.9 Å². The summed E-state index contributed by atoms with van der Waals surface area (Å²) >= 11 is 5.77. The molecular weight excluding hydrogens is 216 g/mol. The Morgan fingerprint density at radius 1 is 1.27 bits per heavy atom. The van der Waals surface area contributed by atoms with Crippen molar-refractivity contribution in [3.05, 3.63) is 11.2 Å². The molecule has 0 spiro atoms. The molecule has 2 N–H and O–H groups in total. The van der Waals surface area contributed by atoms with Crippen LogP contribution in [-0.4, -0.2) is 40.2 Å². The minimum atomic E-state index is -1.60. The SMILES string of the molecule is OB(O)c1cc(Cl)nc(N2CCCC2)n1. The van der Waals surface area contributed by atoms with Crippen LogP contribution in [0.2, 0.25) is 5.15 Å². The molecular formula is C8H11BClN3O2. The Morgan fingerprint density at radius 2 is 1.93 bits per heavy atom. The summed E-state index contributed by atoms with van der Waals surface area (Å²) in [6.45, 7) is 1.78. The third-order valence-electron chi connectivity index (χ3n) is 2.36. The number of hydrogen-bond acceptors (Lipinski definition) is 5. The van der Waals surface area contributed by atoms with Crippen LogP contribution in [0.4, 0.5) is 5.95 Å². The molecule has 0 amide bonds. The lowest BCUT2D eigenvalue weighted by Crippen LogP contribution is -2.35. The zero-order valence-electron chi connectivity index (χ0n) is 8.10. The Bertz CT molecular complexity index is 358. The Balaban J connectivity index is 2.30. The van der Waals surface area contributed by atoms with Gasteiger partial charge in [0.1, 0.15) is 5.15 Å². The minimum Gasteiger partial charge on any atom is -0.422 e. The van der Waals surface area contributed by atoms with Crippen molar-refractivity contribution < 1.29 is 10.0 Å². The van der Waals surface area contributed by atoms with Gasteiger partial charge in [-0.1, -0.05) is 11.6 Å². The number of nitrogens with zero attached hydrogens (tertiary/aromatic N) is 3. The van der Waals surface area contributed by atoms with Crippen LogP contribution >= 0.6 is 11.6 Å². The van der Waals surface area contributed by atoms with Gasteiger partial charge in [0.25, 0.3) is 0 Å². The zero-order chi connectivity index (χ0) is 10.8. The number of halogens is 1. The summed E-state index contributed by atoms with van der Waals surface area (Å²) in [6, 6.07) is 1.35. The third kappa shape index (κ3) is 2.39. The van der Waals surface area contributed by atoms with E-state index in [0.717, 1.165) is 25.9 Å². The van der Waals surface area contributed by atoms with Gasteiger partial charge in [0.05, 0.1) is 5.59 Å². The summed E-state index contributed by atoms with van der Waals surface area (Å²) in [5, 5.41) is 18.2. The molecule has 0 saturated carbocycles. The highest BCUT2D eigenvalue weighted by Crippen LogP contribution is 2.16. The molecule has 0 bridgehead atoms. The molecule has 0 atom stereocenters. The molecule has 80 valence electrons. The van der Waals surface area contributed by atoms with Crippen molar-refractivity contribution in [1.29, 1.82) is 0 Å². The standard InChI is InChI=1S/C8H11BClN3O2/c10-7-5-6(9(14)15)11-8(12-7)13-3-1-2-4-13/h5,14-15H,1-4H2. The smallest absolute Gasteiger partial charge is 0.422 e. The fraction of sp³-hybridized carbons (Fsp3) is 0.500. The van der Waals surface area contributed by atoms with Gasteiger partial charge in [0, 0.05) is 13.1 Å². The van der Waals surface area contributed by atoms with Crippen molar-refractivity contribution in [2.75, 3.05) is 18.0 Å². The summed E-state index contributed by atoms with van der Waals surface area (Å²) in [6.07, 6.45) is 2.21. The first kappa shape index (κ1) is 10.7. The van der Waals surface area contributed by atoms with Crippen LogP contribution in [-0.2, 0) is 0 Å². The zero-order valence-corrected chi connectivity index (χ0v) is 8.85. The molecule has 0 unspecified atom stereocenters. The molecule has 1 saturated heterocycles. The van der Waals surface area contributed by atoms with Crippen molar-refractivity contribution in [2.45, 2.75) is 12.8 Å². The second-order valence-electron chi connectivity index (χ2n) is 3.48. The number of rotatable bonds is 2. The fourth-order valence-corrected chi connectivity index (χ4v) is 1.80. The van der Waals surface area contributed by atoms with Crippen molar-refractivity contribution in [3.63, 3.8) is 0 Å². The van der Waals surface area contributed by atoms with Crippen LogP contribution in [0.1, 0.15) is 12.8 Å². The van der Waals surface area contributed by atoms with E-state index >= 15 is 0 Å². The Hall–Kier alpha value is -0.845. The normalized spacial score (nSPS) is 15.8. The third-order valence-corrected chi connectivity index (χ3v) is 2.55. The Morgan fingerprint density at radius 3 is 2.53 bits per heavy atom. The van der Waals surface area contributed by atoms with Crippen LogP contribution in [0.5, 0.6) is 0 Å². The van der Waals surface area contributed by atoms with Gasteiger partial charge in [-0.25, -0.2) is 9.97 Å². The second-order valence-corrected chi connectivity index (χ2v) is 3.87. The van der Waals surface area contributed by atoms with E-state index in [2.05, 4.69) is 9.97 Å². The van der Waals surface area contributed by atoms with Gasteiger partial charge in [0.15, 0.2) is 0 Å². The van der Waals surface area contributed by atoms with E-state index in [1.807, 2.05) is 4.90 Å². The van der Waals surface area contributed by atoms with Gasteiger partial charge in [-0.15, -0.1) is 0 Å². The molecule has 0 aromatic carbocycles. The predicted molar refractivity (Wildman–Crippen MR) is 58.3 cm³/mol. The first-order chi connectivity index (χ1) is 7.16. The molecule has 7 heteroatoms. The molecule has 1 aliphatic heterocycles. The summed E-state index contributed by atoms with van der Waals surface area (Å²) in [4.78, 5) is 10.1. The highest BCUT2D eigenvalue weighted by molar-refractivity contribution is 6.57. The van der Waals surface area contributed by atoms with E-state index in [0.29, 0.717) is 5.95 Å². The van der Waals surface area contributed by atoms with Crippen LogP contribution in [0.15, 0.2) is 6.07 Å². The van der Waals surface area contributed by atoms with E-state index in [9.17, 15) is 0 Å². The van der Waals surface area contributed by atoms with E-state index in [-0.39, 0.29) is 10.7 Å². The molecule has 15 heavy (non-hydrogen) atoms. The first-order valence-corrected chi connectivity index (χ1v) is 5.20. The summed E-state index contributed by atoms with van der Waals surface area (Å²) in [7, 11) is -1.60. The van der Waals surface area contributed by atoms with E-state index < -0.39 is 7.12 Å². The lowest BCUT2D eigenvalue weighted by Gasteiger charge is -2.15. The number of aromatic nitrogens is 2. The lowest BCUT2D eigenvalue weighted by atomic mass is 9.86. The highest BCUT2D eigenvalue weighted by atomic mass is 35.5. The average Bonchev–Trinajstić information content (AvgIpc) is 2.69. The topological polar surface area (TPSA) is 69.5 Å². The fourth-order valence-electron chi connectivity index (χ4n) is 1.61. The monoisotopic (exact) mass is 227 g/mol. The molecule has 2 heterocycles. The number of anilines is 1. The van der Waals surface area contributed by atoms with Crippen LogP contribution in [0.25, 0.3) is 0 Å². The van der Waals surface area contributed by atoms with Gasteiger partial charge < -0.3 is 14.9 Å². The summed E-state index contributed by atoms with van der Waals surface area (Å²) in [5.74, 6) is 0.475. The second kappa shape index (κ2) is 4.34. The molecule has 0 aliphatic carbocycles.